The van der Waals surface area contributed by atoms with Crippen LogP contribution in [-0.4, -0.2) is 84.4 Å². The van der Waals surface area contributed by atoms with Crippen molar-refractivity contribution in [1.29, 1.82) is 0 Å². The fourth-order valence-corrected chi connectivity index (χ4v) is 7.48. The van der Waals surface area contributed by atoms with Gasteiger partial charge in [-0.15, -0.1) is 13.2 Å². The smallest absolute Gasteiger partial charge is 0.306 e. The summed E-state index contributed by atoms with van der Waals surface area (Å²) in [4.78, 5) is 58.8. The van der Waals surface area contributed by atoms with Gasteiger partial charge in [0.15, 0.2) is 0 Å². The highest BCUT2D eigenvalue weighted by Gasteiger charge is 2.75. The molecule has 48 heavy (non-hydrogen) atoms. The van der Waals surface area contributed by atoms with Crippen LogP contribution in [0.2, 0.25) is 0 Å². The molecule has 11 nitrogen and oxygen atoms in total. The third-order valence-corrected chi connectivity index (χ3v) is 9.79. The highest BCUT2D eigenvalue weighted by molar-refractivity contribution is 6.05. The molecule has 2 aromatic carbocycles. The number of amides is 3. The number of aliphatic hydroxyl groups is 1. The molecule has 0 radical (unpaired) electrons. The van der Waals surface area contributed by atoms with Crippen molar-refractivity contribution < 1.29 is 38.5 Å². The van der Waals surface area contributed by atoms with Gasteiger partial charge in [-0.2, -0.15) is 0 Å². The van der Waals surface area contributed by atoms with Crippen LogP contribution in [-0.2, 0) is 28.7 Å². The van der Waals surface area contributed by atoms with Crippen molar-refractivity contribution in [1.82, 2.24) is 10.2 Å². The van der Waals surface area contributed by atoms with Gasteiger partial charge in [0.2, 0.25) is 11.8 Å². The average Bonchev–Trinajstić information content (AvgIpc) is 3.76. The SMILES string of the molecule is C=CCCC(=O)OC[C@@H](NC(=O)[C@@H]1[C@@H]2CC[C@]3(O2)[C@H](C(=O)N(CC=C)c2ccc(OC)cc2)N([C@@H](CC)CO)C(=O)[C@@H]13)c1ccccc1. The van der Waals surface area contributed by atoms with E-state index in [-0.39, 0.29) is 32.1 Å². The molecule has 2 aromatic rings. The summed E-state index contributed by atoms with van der Waals surface area (Å²) in [5.74, 6) is -2.81. The average molecular weight is 660 g/mol. The predicted octanol–water partition coefficient (Wildman–Crippen LogP) is 3.73. The van der Waals surface area contributed by atoms with Crippen LogP contribution in [0.3, 0.4) is 0 Å². The molecule has 3 fully saturated rings. The first-order chi connectivity index (χ1) is 23.2. The second kappa shape index (κ2) is 15.2. The normalized spacial score (nSPS) is 25.1. The van der Waals surface area contributed by atoms with Crippen molar-refractivity contribution in [2.24, 2.45) is 11.8 Å². The van der Waals surface area contributed by atoms with Gasteiger partial charge in [-0.05, 0) is 55.5 Å². The van der Waals surface area contributed by atoms with Crippen LogP contribution < -0.4 is 15.0 Å². The number of benzene rings is 2. The number of ether oxygens (including phenoxy) is 3. The van der Waals surface area contributed by atoms with Crippen molar-refractivity contribution in [3.05, 3.63) is 85.5 Å². The third-order valence-electron chi connectivity index (χ3n) is 9.79. The number of anilines is 1. The molecule has 2 bridgehead atoms. The number of methoxy groups -OCH3 is 1. The Morgan fingerprint density at radius 3 is 2.50 bits per heavy atom. The van der Waals surface area contributed by atoms with E-state index in [1.54, 1.807) is 48.4 Å². The van der Waals surface area contributed by atoms with Gasteiger partial charge in [0.1, 0.15) is 24.0 Å². The Labute approximate surface area is 281 Å². The monoisotopic (exact) mass is 659 g/mol. The van der Waals surface area contributed by atoms with Crippen LogP contribution in [0.25, 0.3) is 0 Å². The van der Waals surface area contributed by atoms with E-state index in [0.29, 0.717) is 37.1 Å². The Bertz CT molecular complexity index is 1490. The van der Waals surface area contributed by atoms with E-state index in [4.69, 9.17) is 14.2 Å². The van der Waals surface area contributed by atoms with Gasteiger partial charge in [-0.1, -0.05) is 49.4 Å². The third kappa shape index (κ3) is 6.49. The van der Waals surface area contributed by atoms with E-state index in [9.17, 15) is 24.3 Å². The van der Waals surface area contributed by atoms with Crippen molar-refractivity contribution in [2.45, 2.75) is 68.9 Å². The summed E-state index contributed by atoms with van der Waals surface area (Å²) in [6.45, 7) is 9.05. The Kier molecular flexibility index (Phi) is 11.0. The molecule has 0 aliphatic carbocycles. The maximum Gasteiger partial charge on any atom is 0.306 e. The molecule has 0 unspecified atom stereocenters. The largest absolute Gasteiger partial charge is 0.497 e. The summed E-state index contributed by atoms with van der Waals surface area (Å²) in [7, 11) is 1.56. The van der Waals surface area contributed by atoms with E-state index in [1.807, 2.05) is 37.3 Å². The van der Waals surface area contributed by atoms with Gasteiger partial charge in [0.05, 0.1) is 43.7 Å². The van der Waals surface area contributed by atoms with Crippen molar-refractivity contribution >= 4 is 29.4 Å². The second-order valence-electron chi connectivity index (χ2n) is 12.5. The zero-order chi connectivity index (χ0) is 34.4. The number of aliphatic hydroxyl groups excluding tert-OH is 1. The number of esters is 1. The number of likely N-dealkylation sites (tertiary alicyclic amines) is 1. The molecule has 3 aliphatic heterocycles. The fourth-order valence-electron chi connectivity index (χ4n) is 7.48. The number of rotatable bonds is 16. The minimum Gasteiger partial charge on any atom is -0.497 e. The quantitative estimate of drug-likeness (QED) is 0.206. The van der Waals surface area contributed by atoms with Crippen LogP contribution in [0.1, 0.15) is 50.6 Å². The molecule has 256 valence electrons. The molecule has 3 saturated heterocycles. The number of carbonyl (C=O) groups excluding carboxylic acids is 4. The molecular weight excluding hydrogens is 614 g/mol. The number of nitrogens with zero attached hydrogens (tertiary/aromatic N) is 2. The van der Waals surface area contributed by atoms with E-state index >= 15 is 0 Å². The van der Waals surface area contributed by atoms with Crippen LogP contribution in [0, 0.1) is 11.8 Å². The predicted molar refractivity (Wildman–Crippen MR) is 179 cm³/mol. The summed E-state index contributed by atoms with van der Waals surface area (Å²) < 4.78 is 17.5. The van der Waals surface area contributed by atoms with Gasteiger partial charge >= 0.3 is 5.97 Å². The van der Waals surface area contributed by atoms with Gasteiger partial charge in [-0.25, -0.2) is 0 Å². The van der Waals surface area contributed by atoms with Gasteiger partial charge in [0.25, 0.3) is 5.91 Å². The van der Waals surface area contributed by atoms with Gasteiger partial charge < -0.3 is 34.4 Å². The number of fused-ring (bicyclic) bond motifs is 1. The van der Waals surface area contributed by atoms with Crippen LogP contribution in [0.4, 0.5) is 5.69 Å². The van der Waals surface area contributed by atoms with Gasteiger partial charge in [0, 0.05) is 18.7 Å². The Morgan fingerprint density at radius 1 is 1.15 bits per heavy atom. The lowest BCUT2D eigenvalue weighted by Crippen LogP contribution is -2.59. The highest BCUT2D eigenvalue weighted by atomic mass is 16.5. The topological polar surface area (TPSA) is 135 Å². The summed E-state index contributed by atoms with van der Waals surface area (Å²) in [6, 6.07) is 13.8. The lowest BCUT2D eigenvalue weighted by atomic mass is 9.70. The Morgan fingerprint density at radius 2 is 1.88 bits per heavy atom. The summed E-state index contributed by atoms with van der Waals surface area (Å²) in [6.07, 6.45) is 4.57. The minimum atomic E-state index is -1.27. The Balaban J connectivity index is 1.47. The van der Waals surface area contributed by atoms with Crippen LogP contribution in [0.5, 0.6) is 5.75 Å². The van der Waals surface area contributed by atoms with Crippen LogP contribution in [0.15, 0.2) is 79.9 Å². The van der Waals surface area contributed by atoms with E-state index in [2.05, 4.69) is 18.5 Å². The minimum absolute atomic E-state index is 0.0955. The van der Waals surface area contributed by atoms with Crippen molar-refractivity contribution in [2.75, 3.05) is 31.8 Å². The van der Waals surface area contributed by atoms with Gasteiger partial charge in [-0.3, -0.25) is 19.2 Å². The van der Waals surface area contributed by atoms with Crippen molar-refractivity contribution in [3.63, 3.8) is 0 Å². The number of hydrogen-bond donors (Lipinski definition) is 2. The maximum absolute atomic E-state index is 14.7. The molecule has 0 saturated carbocycles. The number of nitrogens with one attached hydrogen (secondary N) is 1. The number of hydrogen-bond acceptors (Lipinski definition) is 8. The second-order valence-corrected chi connectivity index (χ2v) is 12.5. The molecule has 3 heterocycles. The summed E-state index contributed by atoms with van der Waals surface area (Å²) in [5.41, 5.74) is 0.0500. The lowest BCUT2D eigenvalue weighted by Gasteiger charge is -2.39. The van der Waals surface area contributed by atoms with E-state index in [1.165, 1.54) is 4.90 Å². The molecular formula is C37H45N3O8. The molecule has 11 heteroatoms. The fraction of sp³-hybridized carbons (Fsp3) is 0.459. The standard InChI is InChI=1S/C37H45N3O8/c1-5-8-14-30(42)47-23-28(24-12-10-9-11-13-24)38-34(43)31-29-19-20-37(48-29)32(31)35(44)40(25(7-3)22-41)33(37)36(45)39(21-6-2)26-15-17-27(46-4)18-16-26/h5-6,9-13,15-18,25,28-29,31-33,41H,1-2,7-8,14,19-23H2,3-4H3,(H,38,43)/t25-,28+,29-,31+,32+,33-,37+/m0/s1. The zero-order valence-corrected chi connectivity index (χ0v) is 27.6. The first-order valence-corrected chi connectivity index (χ1v) is 16.5. The number of allylic oxidation sites excluding steroid dienone is 1. The van der Waals surface area contributed by atoms with E-state index < -0.39 is 59.5 Å². The molecule has 3 amide bonds. The number of carbonyl (C=O) groups is 4. The summed E-state index contributed by atoms with van der Waals surface area (Å²) >= 11 is 0. The molecule has 1 spiro atoms. The zero-order valence-electron chi connectivity index (χ0n) is 27.6. The molecule has 7 atom stereocenters. The molecule has 5 rings (SSSR count). The van der Waals surface area contributed by atoms with Crippen LogP contribution >= 0.6 is 0 Å². The Hall–Kier alpha value is -4.48. The highest BCUT2D eigenvalue weighted by Crippen LogP contribution is 2.59. The summed E-state index contributed by atoms with van der Waals surface area (Å²) in [5, 5.41) is 13.5. The lowest BCUT2D eigenvalue weighted by molar-refractivity contribution is -0.146. The molecule has 2 N–H and O–H groups in total. The first kappa shape index (κ1) is 34.8. The molecule has 0 aromatic heterocycles. The van der Waals surface area contributed by atoms with Crippen molar-refractivity contribution in [3.8, 4) is 5.75 Å². The first-order valence-electron chi connectivity index (χ1n) is 16.5. The molecule has 3 aliphatic rings. The van der Waals surface area contributed by atoms with E-state index in [0.717, 1.165) is 5.56 Å². The maximum atomic E-state index is 14.7.